The van der Waals surface area contributed by atoms with Crippen LogP contribution in [0.15, 0.2) is 24.3 Å². The maximum absolute atomic E-state index is 13.3. The third kappa shape index (κ3) is 2.66. The van der Waals surface area contributed by atoms with Gasteiger partial charge in [-0.3, -0.25) is 4.79 Å². The Morgan fingerprint density at radius 3 is 2.69 bits per heavy atom. The van der Waals surface area contributed by atoms with Gasteiger partial charge in [-0.1, -0.05) is 25.1 Å². The number of benzene rings is 1. The fourth-order valence-electron chi connectivity index (χ4n) is 1.30. The molecule has 0 heterocycles. The molecule has 0 aliphatic carbocycles. The monoisotopic (exact) mass is 224 g/mol. The summed E-state index contributed by atoms with van der Waals surface area (Å²) in [6, 6.07) is 6.56. The lowest BCUT2D eigenvalue weighted by Crippen LogP contribution is -2.27. The highest BCUT2D eigenvalue weighted by Crippen LogP contribution is 2.11. The maximum atomic E-state index is 13.3. The molecule has 3 nitrogen and oxygen atoms in total. The van der Waals surface area contributed by atoms with Gasteiger partial charge in [0.1, 0.15) is 0 Å². The van der Waals surface area contributed by atoms with Crippen molar-refractivity contribution < 1.29 is 18.7 Å². The average Bonchev–Trinajstić information content (AvgIpc) is 2.36. The molecule has 4 heteroatoms. The van der Waals surface area contributed by atoms with Crippen LogP contribution in [-0.4, -0.2) is 25.0 Å². The Hall–Kier alpha value is -1.71. The zero-order valence-electron chi connectivity index (χ0n) is 9.20. The zero-order valence-corrected chi connectivity index (χ0v) is 9.20. The summed E-state index contributed by atoms with van der Waals surface area (Å²) in [5, 5.41) is 0. The molecule has 1 atom stereocenters. The van der Waals surface area contributed by atoms with E-state index in [9.17, 15) is 14.0 Å². The van der Waals surface area contributed by atoms with Crippen molar-refractivity contribution in [3.05, 3.63) is 35.4 Å². The molecule has 0 saturated carbocycles. The van der Waals surface area contributed by atoms with E-state index in [0.29, 0.717) is 0 Å². The van der Waals surface area contributed by atoms with Crippen molar-refractivity contribution in [3.8, 4) is 0 Å². The minimum Gasteiger partial charge on any atom is -0.467 e. The van der Waals surface area contributed by atoms with Crippen molar-refractivity contribution in [2.45, 2.75) is 19.5 Å². The molecule has 1 aromatic carbocycles. The molecule has 0 aliphatic heterocycles. The van der Waals surface area contributed by atoms with E-state index in [4.69, 9.17) is 0 Å². The van der Waals surface area contributed by atoms with Crippen LogP contribution >= 0.6 is 0 Å². The Labute approximate surface area is 93.2 Å². The van der Waals surface area contributed by atoms with Crippen molar-refractivity contribution in [1.29, 1.82) is 0 Å². The second-order valence-electron chi connectivity index (χ2n) is 3.30. The number of esters is 1. The second-order valence-corrected chi connectivity index (χ2v) is 3.30. The van der Waals surface area contributed by atoms with Crippen molar-refractivity contribution in [1.82, 2.24) is 0 Å². The molecule has 1 unspecified atom stereocenters. The van der Waals surface area contributed by atoms with Crippen LogP contribution in [0.5, 0.6) is 0 Å². The maximum Gasteiger partial charge on any atom is 0.348 e. The number of ether oxygens (including phenoxy) is 1. The van der Waals surface area contributed by atoms with Gasteiger partial charge in [-0.05, 0) is 18.1 Å². The first-order valence-electron chi connectivity index (χ1n) is 4.95. The molecular formula is C12H13FO3. The summed E-state index contributed by atoms with van der Waals surface area (Å²) >= 11 is 0. The highest BCUT2D eigenvalue weighted by molar-refractivity contribution is 6.11. The lowest BCUT2D eigenvalue weighted by molar-refractivity contribution is -0.144. The van der Waals surface area contributed by atoms with E-state index in [1.54, 1.807) is 12.1 Å². The molecule has 0 aliphatic rings. The number of carbonyl (C=O) groups is 2. The Bertz CT molecular complexity index is 401. The third-order valence-corrected chi connectivity index (χ3v) is 2.26. The SMILES string of the molecule is CCc1cccc(C(=O)C(F)C(=O)OC)c1. The Balaban J connectivity index is 2.91. The van der Waals surface area contributed by atoms with Crippen LogP contribution in [0.3, 0.4) is 0 Å². The van der Waals surface area contributed by atoms with E-state index in [1.165, 1.54) is 6.07 Å². The smallest absolute Gasteiger partial charge is 0.348 e. The Morgan fingerprint density at radius 2 is 2.12 bits per heavy atom. The van der Waals surface area contributed by atoms with Gasteiger partial charge in [0.05, 0.1) is 7.11 Å². The Kier molecular flexibility index (Phi) is 4.17. The summed E-state index contributed by atoms with van der Waals surface area (Å²) in [6.45, 7) is 1.93. The van der Waals surface area contributed by atoms with Gasteiger partial charge >= 0.3 is 5.97 Å². The lowest BCUT2D eigenvalue weighted by atomic mass is 10.0. The summed E-state index contributed by atoms with van der Waals surface area (Å²) in [7, 11) is 1.05. The summed E-state index contributed by atoms with van der Waals surface area (Å²) in [6.07, 6.45) is -1.49. The number of methoxy groups -OCH3 is 1. The number of hydrogen-bond donors (Lipinski definition) is 0. The van der Waals surface area contributed by atoms with E-state index in [1.807, 2.05) is 13.0 Å². The molecule has 0 saturated heterocycles. The lowest BCUT2D eigenvalue weighted by Gasteiger charge is -2.06. The number of rotatable bonds is 4. The van der Waals surface area contributed by atoms with Gasteiger partial charge < -0.3 is 4.74 Å². The number of alkyl halides is 1. The molecule has 0 fully saturated rings. The number of halogens is 1. The molecule has 0 aromatic heterocycles. The van der Waals surface area contributed by atoms with Gasteiger partial charge in [0, 0.05) is 5.56 Å². The van der Waals surface area contributed by atoms with Crippen LogP contribution in [0.25, 0.3) is 0 Å². The Morgan fingerprint density at radius 1 is 1.44 bits per heavy atom. The molecule has 0 radical (unpaired) electrons. The molecule has 0 bridgehead atoms. The fraction of sp³-hybridized carbons (Fsp3) is 0.333. The highest BCUT2D eigenvalue weighted by Gasteiger charge is 2.27. The van der Waals surface area contributed by atoms with Gasteiger partial charge in [-0.25, -0.2) is 9.18 Å². The molecule has 1 rings (SSSR count). The zero-order chi connectivity index (χ0) is 12.1. The minimum atomic E-state index is -2.24. The number of carbonyl (C=O) groups excluding carboxylic acids is 2. The predicted octanol–water partition coefficient (Wildman–Crippen LogP) is 1.94. The summed E-state index contributed by atoms with van der Waals surface area (Å²) in [4.78, 5) is 22.4. The van der Waals surface area contributed by atoms with Crippen molar-refractivity contribution in [2.24, 2.45) is 0 Å². The fourth-order valence-corrected chi connectivity index (χ4v) is 1.30. The number of ketones is 1. The normalized spacial score (nSPS) is 11.9. The van der Waals surface area contributed by atoms with E-state index < -0.39 is 17.9 Å². The molecule has 0 N–H and O–H groups in total. The molecule has 86 valence electrons. The van der Waals surface area contributed by atoms with Gasteiger partial charge in [-0.2, -0.15) is 0 Å². The predicted molar refractivity (Wildman–Crippen MR) is 57.1 cm³/mol. The molecule has 0 spiro atoms. The molecule has 16 heavy (non-hydrogen) atoms. The van der Waals surface area contributed by atoms with Gasteiger partial charge in [-0.15, -0.1) is 0 Å². The summed E-state index contributed by atoms with van der Waals surface area (Å²) < 4.78 is 17.5. The van der Waals surface area contributed by atoms with Crippen molar-refractivity contribution in [2.75, 3.05) is 7.11 Å². The van der Waals surface area contributed by atoms with E-state index in [2.05, 4.69) is 4.74 Å². The molecule has 0 amide bonds. The van der Waals surface area contributed by atoms with Crippen LogP contribution in [0, 0.1) is 0 Å². The quantitative estimate of drug-likeness (QED) is 0.446. The van der Waals surface area contributed by atoms with Gasteiger partial charge in [0.15, 0.2) is 0 Å². The number of Topliss-reactive ketones (excluding diaryl/α,β-unsaturated/α-hetero) is 1. The first kappa shape index (κ1) is 12.4. The highest BCUT2D eigenvalue weighted by atomic mass is 19.1. The summed E-state index contributed by atoms with van der Waals surface area (Å²) in [5.74, 6) is -2.02. The van der Waals surface area contributed by atoms with Crippen molar-refractivity contribution in [3.63, 3.8) is 0 Å². The second kappa shape index (κ2) is 5.39. The first-order chi connectivity index (χ1) is 7.60. The first-order valence-corrected chi connectivity index (χ1v) is 4.95. The largest absolute Gasteiger partial charge is 0.467 e. The van der Waals surface area contributed by atoms with E-state index in [-0.39, 0.29) is 5.56 Å². The van der Waals surface area contributed by atoms with Crippen LogP contribution < -0.4 is 0 Å². The topological polar surface area (TPSA) is 43.4 Å². The van der Waals surface area contributed by atoms with Crippen molar-refractivity contribution >= 4 is 11.8 Å². The van der Waals surface area contributed by atoms with Crippen LogP contribution in [0.2, 0.25) is 0 Å². The minimum absolute atomic E-state index is 0.192. The van der Waals surface area contributed by atoms with Crippen LogP contribution in [-0.2, 0) is 16.0 Å². The molecular weight excluding hydrogens is 211 g/mol. The van der Waals surface area contributed by atoms with E-state index >= 15 is 0 Å². The average molecular weight is 224 g/mol. The third-order valence-electron chi connectivity index (χ3n) is 2.26. The number of aryl methyl sites for hydroxylation is 1. The van der Waals surface area contributed by atoms with Gasteiger partial charge in [0.2, 0.25) is 5.78 Å². The van der Waals surface area contributed by atoms with Gasteiger partial charge in [0.25, 0.3) is 6.17 Å². The molecule has 1 aromatic rings. The van der Waals surface area contributed by atoms with E-state index in [0.717, 1.165) is 19.1 Å². The number of hydrogen-bond acceptors (Lipinski definition) is 3. The van der Waals surface area contributed by atoms with Crippen LogP contribution in [0.1, 0.15) is 22.8 Å². The van der Waals surface area contributed by atoms with Crippen LogP contribution in [0.4, 0.5) is 4.39 Å². The standard InChI is InChI=1S/C12H13FO3/c1-3-8-5-4-6-9(7-8)11(14)10(13)12(15)16-2/h4-7,10H,3H2,1-2H3. The summed E-state index contributed by atoms with van der Waals surface area (Å²) in [5.41, 5.74) is 1.11.